The molecule has 0 atom stereocenters. The van der Waals surface area contributed by atoms with Crippen molar-refractivity contribution in [2.45, 2.75) is 33.1 Å². The molecule has 1 heterocycles. The fourth-order valence-electron chi connectivity index (χ4n) is 2.68. The number of carboxylic acids is 1. The zero-order valence-electron chi connectivity index (χ0n) is 11.6. The van der Waals surface area contributed by atoms with E-state index in [1.54, 1.807) is 12.1 Å². The van der Waals surface area contributed by atoms with Crippen LogP contribution in [-0.2, 0) is 0 Å². The summed E-state index contributed by atoms with van der Waals surface area (Å²) in [7, 11) is 0. The van der Waals surface area contributed by atoms with Crippen molar-refractivity contribution in [2.24, 2.45) is 5.41 Å². The van der Waals surface area contributed by atoms with Crippen LogP contribution in [-0.4, -0.2) is 24.2 Å². The molecule has 0 saturated carbocycles. The summed E-state index contributed by atoms with van der Waals surface area (Å²) in [4.78, 5) is 13.3. The minimum Gasteiger partial charge on any atom is -0.478 e. The smallest absolute Gasteiger partial charge is 0.337 e. The Hall–Kier alpha value is -1.71. The fraction of sp³-hybridized carbons (Fsp3) is 0.533. The van der Waals surface area contributed by atoms with Crippen LogP contribution in [0.15, 0.2) is 18.2 Å². The maximum atomic E-state index is 11.1. The van der Waals surface area contributed by atoms with E-state index in [-0.39, 0.29) is 5.56 Å². The lowest BCUT2D eigenvalue weighted by Crippen LogP contribution is -2.26. The van der Waals surface area contributed by atoms with Crippen molar-refractivity contribution in [1.29, 1.82) is 0 Å². The normalized spacial score (nSPS) is 18.9. The molecule has 0 amide bonds. The summed E-state index contributed by atoms with van der Waals surface area (Å²) in [6.07, 6.45) is 3.41. The summed E-state index contributed by atoms with van der Waals surface area (Å²) >= 11 is 0. The molecule has 0 spiro atoms. The molecule has 3 N–H and O–H groups in total. The minimum atomic E-state index is -0.963. The molecule has 0 aromatic heterocycles. The van der Waals surface area contributed by atoms with Crippen molar-refractivity contribution in [3.8, 4) is 0 Å². The summed E-state index contributed by atoms with van der Waals surface area (Å²) < 4.78 is 0. The van der Waals surface area contributed by atoms with Crippen molar-refractivity contribution in [2.75, 3.05) is 23.7 Å². The number of nitrogen functional groups attached to an aromatic ring is 1. The van der Waals surface area contributed by atoms with Gasteiger partial charge in [-0.15, -0.1) is 0 Å². The number of nitrogens with zero attached hydrogens (tertiary/aromatic N) is 1. The molecule has 0 unspecified atom stereocenters. The molecule has 0 bridgehead atoms. The fourth-order valence-corrected chi connectivity index (χ4v) is 2.68. The van der Waals surface area contributed by atoms with Crippen molar-refractivity contribution in [3.05, 3.63) is 23.8 Å². The Kier molecular flexibility index (Phi) is 3.69. The molecule has 19 heavy (non-hydrogen) atoms. The largest absolute Gasteiger partial charge is 0.478 e. The van der Waals surface area contributed by atoms with Gasteiger partial charge in [0.2, 0.25) is 0 Å². The molecular formula is C15H22N2O2. The van der Waals surface area contributed by atoms with Gasteiger partial charge in [-0.2, -0.15) is 0 Å². The van der Waals surface area contributed by atoms with Gasteiger partial charge >= 0.3 is 5.97 Å². The van der Waals surface area contributed by atoms with Crippen LogP contribution in [0, 0.1) is 5.41 Å². The molecule has 1 aliphatic heterocycles. The van der Waals surface area contributed by atoms with Crippen LogP contribution in [0.2, 0.25) is 0 Å². The van der Waals surface area contributed by atoms with E-state index >= 15 is 0 Å². The standard InChI is InChI=1S/C15H22N2O2/c1-15(2)7-4-9-17(10-8-15)12-6-3-5-11(13(12)16)14(18)19/h3,5-6H,4,7-10,16H2,1-2H3,(H,18,19). The Labute approximate surface area is 114 Å². The second-order valence-corrected chi connectivity index (χ2v) is 6.05. The maximum absolute atomic E-state index is 11.1. The van der Waals surface area contributed by atoms with Crippen LogP contribution >= 0.6 is 0 Å². The summed E-state index contributed by atoms with van der Waals surface area (Å²) in [5.74, 6) is -0.963. The Morgan fingerprint density at radius 3 is 2.74 bits per heavy atom. The first kappa shape index (κ1) is 13.7. The molecule has 0 radical (unpaired) electrons. The summed E-state index contributed by atoms with van der Waals surface area (Å²) in [6.45, 7) is 6.44. The topological polar surface area (TPSA) is 66.6 Å². The second kappa shape index (κ2) is 5.11. The average molecular weight is 262 g/mol. The molecule has 1 fully saturated rings. The van der Waals surface area contributed by atoms with Crippen molar-refractivity contribution in [3.63, 3.8) is 0 Å². The van der Waals surface area contributed by atoms with Crippen molar-refractivity contribution < 1.29 is 9.90 Å². The lowest BCUT2D eigenvalue weighted by molar-refractivity contribution is 0.0698. The highest BCUT2D eigenvalue weighted by molar-refractivity contribution is 5.97. The molecule has 2 rings (SSSR count). The number of benzene rings is 1. The predicted octanol–water partition coefficient (Wildman–Crippen LogP) is 2.98. The molecule has 1 aliphatic rings. The number of carbonyl (C=O) groups is 1. The number of para-hydroxylation sites is 1. The van der Waals surface area contributed by atoms with Crippen LogP contribution in [0.4, 0.5) is 11.4 Å². The Balaban J connectivity index is 2.27. The van der Waals surface area contributed by atoms with Crippen molar-refractivity contribution >= 4 is 17.3 Å². The first-order valence-electron chi connectivity index (χ1n) is 6.77. The summed E-state index contributed by atoms with van der Waals surface area (Å²) in [5.41, 5.74) is 7.80. The van der Waals surface area contributed by atoms with Gasteiger partial charge in [0.1, 0.15) is 0 Å². The van der Waals surface area contributed by atoms with E-state index in [9.17, 15) is 4.79 Å². The van der Waals surface area contributed by atoms with Crippen LogP contribution in [0.25, 0.3) is 0 Å². The van der Waals surface area contributed by atoms with Gasteiger partial charge in [-0.25, -0.2) is 4.79 Å². The van der Waals surface area contributed by atoms with E-state index in [2.05, 4.69) is 18.7 Å². The number of carboxylic acid groups (broad SMARTS) is 1. The maximum Gasteiger partial charge on any atom is 0.337 e. The van der Waals surface area contributed by atoms with E-state index in [4.69, 9.17) is 10.8 Å². The number of anilines is 2. The van der Waals surface area contributed by atoms with Crippen LogP contribution in [0.1, 0.15) is 43.5 Å². The molecule has 1 aromatic carbocycles. The van der Waals surface area contributed by atoms with E-state index in [1.165, 1.54) is 6.42 Å². The van der Waals surface area contributed by atoms with E-state index < -0.39 is 5.97 Å². The first-order chi connectivity index (χ1) is 8.91. The molecule has 1 saturated heterocycles. The summed E-state index contributed by atoms with van der Waals surface area (Å²) in [6, 6.07) is 5.24. The lowest BCUT2D eigenvalue weighted by atomic mass is 9.85. The third kappa shape index (κ3) is 3.00. The van der Waals surface area contributed by atoms with E-state index in [0.29, 0.717) is 11.1 Å². The van der Waals surface area contributed by atoms with Crippen LogP contribution in [0.3, 0.4) is 0 Å². The van der Waals surface area contributed by atoms with Crippen molar-refractivity contribution in [1.82, 2.24) is 0 Å². The van der Waals surface area contributed by atoms with Gasteiger partial charge in [0.25, 0.3) is 0 Å². The zero-order valence-corrected chi connectivity index (χ0v) is 11.6. The second-order valence-electron chi connectivity index (χ2n) is 6.05. The van der Waals surface area contributed by atoms with Crippen LogP contribution < -0.4 is 10.6 Å². The minimum absolute atomic E-state index is 0.195. The highest BCUT2D eigenvalue weighted by Crippen LogP contribution is 2.34. The van der Waals surface area contributed by atoms with Gasteiger partial charge in [-0.3, -0.25) is 0 Å². The molecule has 1 aromatic rings. The third-order valence-corrected chi connectivity index (χ3v) is 3.99. The number of rotatable bonds is 2. The Morgan fingerprint density at radius 1 is 1.32 bits per heavy atom. The number of nitrogens with two attached hydrogens (primary N) is 1. The highest BCUT2D eigenvalue weighted by atomic mass is 16.4. The van der Waals surface area contributed by atoms with Gasteiger partial charge in [0.15, 0.2) is 0 Å². The van der Waals surface area contributed by atoms with Crippen LogP contribution in [0.5, 0.6) is 0 Å². The molecule has 0 aliphatic carbocycles. The number of aromatic carboxylic acids is 1. The third-order valence-electron chi connectivity index (χ3n) is 3.99. The predicted molar refractivity (Wildman–Crippen MR) is 77.7 cm³/mol. The van der Waals surface area contributed by atoms with E-state index in [1.807, 2.05) is 6.07 Å². The molecule has 104 valence electrons. The van der Waals surface area contributed by atoms with E-state index in [0.717, 1.165) is 31.6 Å². The van der Waals surface area contributed by atoms with Gasteiger partial charge < -0.3 is 15.7 Å². The summed E-state index contributed by atoms with van der Waals surface area (Å²) in [5, 5.41) is 9.13. The lowest BCUT2D eigenvalue weighted by Gasteiger charge is -2.26. The van der Waals surface area contributed by atoms with Gasteiger partial charge in [0, 0.05) is 13.1 Å². The highest BCUT2D eigenvalue weighted by Gasteiger charge is 2.24. The monoisotopic (exact) mass is 262 g/mol. The SMILES string of the molecule is CC1(C)CCCN(c2cccc(C(=O)O)c2N)CC1. The van der Waals surface area contributed by atoms with Gasteiger partial charge in [-0.1, -0.05) is 19.9 Å². The van der Waals surface area contributed by atoms with Gasteiger partial charge in [0.05, 0.1) is 16.9 Å². The Morgan fingerprint density at radius 2 is 2.05 bits per heavy atom. The average Bonchev–Trinajstić information content (AvgIpc) is 2.50. The Bertz CT molecular complexity index is 483. The number of hydrogen-bond donors (Lipinski definition) is 2. The number of hydrogen-bond acceptors (Lipinski definition) is 3. The quantitative estimate of drug-likeness (QED) is 0.804. The molecular weight excluding hydrogens is 240 g/mol. The molecule has 4 nitrogen and oxygen atoms in total. The molecule has 4 heteroatoms. The van der Waals surface area contributed by atoms with Gasteiger partial charge in [-0.05, 0) is 36.8 Å². The zero-order chi connectivity index (χ0) is 14.0. The first-order valence-corrected chi connectivity index (χ1v) is 6.77.